The van der Waals surface area contributed by atoms with Crippen LogP contribution >= 0.6 is 11.6 Å². The predicted molar refractivity (Wildman–Crippen MR) is 72.2 cm³/mol. The Hall–Kier alpha value is -1.61. The van der Waals surface area contributed by atoms with Crippen molar-refractivity contribution in [3.63, 3.8) is 0 Å². The SMILES string of the molecule is Cc1cccc(C(=O)c2ccnn2C(C)C)c1Cl. The fourth-order valence-electron chi connectivity index (χ4n) is 1.87. The smallest absolute Gasteiger partial charge is 0.212 e. The summed E-state index contributed by atoms with van der Waals surface area (Å²) >= 11 is 6.19. The van der Waals surface area contributed by atoms with E-state index in [0.717, 1.165) is 5.56 Å². The lowest BCUT2D eigenvalue weighted by molar-refractivity contribution is 0.102. The molecule has 0 bridgehead atoms. The van der Waals surface area contributed by atoms with Crippen molar-refractivity contribution in [1.29, 1.82) is 0 Å². The van der Waals surface area contributed by atoms with Crippen LogP contribution in [0.5, 0.6) is 0 Å². The van der Waals surface area contributed by atoms with Crippen molar-refractivity contribution < 1.29 is 4.79 Å². The van der Waals surface area contributed by atoms with Gasteiger partial charge in [-0.15, -0.1) is 0 Å². The Morgan fingerprint density at radius 2 is 2.06 bits per heavy atom. The molecule has 1 aromatic carbocycles. The number of aryl methyl sites for hydroxylation is 1. The Morgan fingerprint density at radius 1 is 1.33 bits per heavy atom. The molecule has 1 heterocycles. The Bertz CT molecular complexity index is 587. The summed E-state index contributed by atoms with van der Waals surface area (Å²) in [4.78, 5) is 12.5. The number of carbonyl (C=O) groups is 1. The minimum Gasteiger partial charge on any atom is -0.287 e. The van der Waals surface area contributed by atoms with Gasteiger partial charge in [0.2, 0.25) is 5.78 Å². The second kappa shape index (κ2) is 4.94. The average Bonchev–Trinajstić information content (AvgIpc) is 2.81. The van der Waals surface area contributed by atoms with Crippen molar-refractivity contribution >= 4 is 17.4 Å². The van der Waals surface area contributed by atoms with E-state index in [0.29, 0.717) is 16.3 Å². The van der Waals surface area contributed by atoms with Gasteiger partial charge in [0, 0.05) is 17.8 Å². The highest BCUT2D eigenvalue weighted by Gasteiger charge is 2.18. The molecule has 18 heavy (non-hydrogen) atoms. The Morgan fingerprint density at radius 3 is 2.72 bits per heavy atom. The third kappa shape index (κ3) is 2.18. The van der Waals surface area contributed by atoms with Crippen LogP contribution in [-0.4, -0.2) is 15.6 Å². The zero-order valence-electron chi connectivity index (χ0n) is 10.6. The van der Waals surface area contributed by atoms with Crippen LogP contribution in [0.25, 0.3) is 0 Å². The number of halogens is 1. The zero-order chi connectivity index (χ0) is 13.3. The van der Waals surface area contributed by atoms with Crippen LogP contribution in [0.3, 0.4) is 0 Å². The molecule has 0 fully saturated rings. The third-order valence-corrected chi connectivity index (χ3v) is 3.33. The highest BCUT2D eigenvalue weighted by atomic mass is 35.5. The second-order valence-corrected chi connectivity index (χ2v) is 4.90. The molecule has 0 N–H and O–H groups in total. The van der Waals surface area contributed by atoms with Gasteiger partial charge in [0.15, 0.2) is 0 Å². The van der Waals surface area contributed by atoms with Gasteiger partial charge in [0.1, 0.15) is 5.69 Å². The van der Waals surface area contributed by atoms with Gasteiger partial charge in [-0.05, 0) is 38.5 Å². The van der Waals surface area contributed by atoms with Gasteiger partial charge in [-0.25, -0.2) is 0 Å². The first kappa shape index (κ1) is 12.8. The molecular formula is C14H15ClN2O. The van der Waals surface area contributed by atoms with E-state index in [-0.39, 0.29) is 11.8 Å². The van der Waals surface area contributed by atoms with Crippen LogP contribution in [0.1, 0.15) is 41.5 Å². The number of aromatic nitrogens is 2. The molecule has 4 heteroatoms. The molecule has 2 aromatic rings. The molecule has 0 aliphatic carbocycles. The molecule has 0 saturated carbocycles. The molecule has 3 nitrogen and oxygen atoms in total. The van der Waals surface area contributed by atoms with Crippen molar-refractivity contribution in [2.75, 3.05) is 0 Å². The lowest BCUT2D eigenvalue weighted by Crippen LogP contribution is -2.13. The summed E-state index contributed by atoms with van der Waals surface area (Å²) in [6.07, 6.45) is 1.64. The molecule has 0 aliphatic rings. The summed E-state index contributed by atoms with van der Waals surface area (Å²) < 4.78 is 1.71. The number of ketones is 1. The summed E-state index contributed by atoms with van der Waals surface area (Å²) in [5.41, 5.74) is 2.00. The lowest BCUT2D eigenvalue weighted by Gasteiger charge is -2.11. The summed E-state index contributed by atoms with van der Waals surface area (Å²) in [5, 5.41) is 4.68. The van der Waals surface area contributed by atoms with E-state index in [2.05, 4.69) is 5.10 Å². The van der Waals surface area contributed by atoms with E-state index in [1.165, 1.54) is 0 Å². The van der Waals surface area contributed by atoms with Gasteiger partial charge >= 0.3 is 0 Å². The summed E-state index contributed by atoms with van der Waals surface area (Å²) in [6, 6.07) is 7.34. The highest BCUT2D eigenvalue weighted by Crippen LogP contribution is 2.23. The van der Waals surface area contributed by atoms with E-state index in [9.17, 15) is 4.79 Å². The molecule has 0 spiro atoms. The molecule has 0 amide bonds. The number of rotatable bonds is 3. The van der Waals surface area contributed by atoms with E-state index in [4.69, 9.17) is 11.6 Å². The number of benzene rings is 1. The first-order valence-corrected chi connectivity index (χ1v) is 6.23. The first-order valence-electron chi connectivity index (χ1n) is 5.85. The fraction of sp³-hybridized carbons (Fsp3) is 0.286. The predicted octanol–water partition coefficient (Wildman–Crippen LogP) is 3.66. The van der Waals surface area contributed by atoms with E-state index < -0.39 is 0 Å². The minimum absolute atomic E-state index is 0.0881. The molecule has 0 unspecified atom stereocenters. The van der Waals surface area contributed by atoms with E-state index >= 15 is 0 Å². The van der Waals surface area contributed by atoms with E-state index in [1.807, 2.05) is 32.9 Å². The number of hydrogen-bond acceptors (Lipinski definition) is 2. The quantitative estimate of drug-likeness (QED) is 0.792. The summed E-state index contributed by atoms with van der Waals surface area (Å²) in [5.74, 6) is -0.0881. The van der Waals surface area contributed by atoms with Gasteiger partial charge < -0.3 is 0 Å². The largest absolute Gasteiger partial charge is 0.287 e. The van der Waals surface area contributed by atoms with E-state index in [1.54, 1.807) is 23.0 Å². The second-order valence-electron chi connectivity index (χ2n) is 4.52. The van der Waals surface area contributed by atoms with Crippen molar-refractivity contribution in [1.82, 2.24) is 9.78 Å². The molecule has 2 rings (SSSR count). The van der Waals surface area contributed by atoms with Gasteiger partial charge in [0.05, 0.1) is 5.02 Å². The molecule has 0 atom stereocenters. The molecule has 94 valence electrons. The fourth-order valence-corrected chi connectivity index (χ4v) is 2.08. The molecule has 0 saturated heterocycles. The average molecular weight is 263 g/mol. The van der Waals surface area contributed by atoms with Crippen LogP contribution < -0.4 is 0 Å². The zero-order valence-corrected chi connectivity index (χ0v) is 11.4. The van der Waals surface area contributed by atoms with Crippen molar-refractivity contribution in [3.05, 3.63) is 52.3 Å². The number of nitrogens with zero attached hydrogens (tertiary/aromatic N) is 2. The summed E-state index contributed by atoms with van der Waals surface area (Å²) in [6.45, 7) is 5.86. The monoisotopic (exact) mass is 262 g/mol. The highest BCUT2D eigenvalue weighted by molar-refractivity contribution is 6.35. The van der Waals surface area contributed by atoms with Crippen LogP contribution in [0.4, 0.5) is 0 Å². The Kier molecular flexibility index (Phi) is 3.53. The maximum absolute atomic E-state index is 12.5. The normalized spacial score (nSPS) is 10.9. The van der Waals surface area contributed by atoms with Gasteiger partial charge in [0.25, 0.3) is 0 Å². The molecule has 0 radical (unpaired) electrons. The number of hydrogen-bond donors (Lipinski definition) is 0. The summed E-state index contributed by atoms with van der Waals surface area (Å²) in [7, 11) is 0. The van der Waals surface area contributed by atoms with Gasteiger partial charge in [-0.3, -0.25) is 9.48 Å². The van der Waals surface area contributed by atoms with Crippen molar-refractivity contribution in [3.8, 4) is 0 Å². The van der Waals surface area contributed by atoms with Gasteiger partial charge in [-0.2, -0.15) is 5.10 Å². The Labute approximate surface area is 111 Å². The third-order valence-electron chi connectivity index (χ3n) is 2.83. The minimum atomic E-state index is -0.0881. The molecular weight excluding hydrogens is 248 g/mol. The van der Waals surface area contributed by atoms with Crippen LogP contribution in [0.15, 0.2) is 30.5 Å². The van der Waals surface area contributed by atoms with Gasteiger partial charge in [-0.1, -0.05) is 23.7 Å². The van der Waals surface area contributed by atoms with Crippen molar-refractivity contribution in [2.45, 2.75) is 26.8 Å². The van der Waals surface area contributed by atoms with Crippen LogP contribution in [0.2, 0.25) is 5.02 Å². The molecule has 0 aliphatic heterocycles. The van der Waals surface area contributed by atoms with Crippen molar-refractivity contribution in [2.24, 2.45) is 0 Å². The lowest BCUT2D eigenvalue weighted by atomic mass is 10.1. The Balaban J connectivity index is 2.49. The standard InChI is InChI=1S/C14H15ClN2O/c1-9(2)17-12(7-8-16-17)14(18)11-6-4-5-10(3)13(11)15/h4-9H,1-3H3. The maximum atomic E-state index is 12.5. The van der Waals surface area contributed by atoms with Crippen LogP contribution in [-0.2, 0) is 0 Å². The maximum Gasteiger partial charge on any atom is 0.212 e. The number of carbonyl (C=O) groups excluding carboxylic acids is 1. The molecule has 1 aromatic heterocycles. The van der Waals surface area contributed by atoms with Crippen LogP contribution in [0, 0.1) is 6.92 Å². The first-order chi connectivity index (χ1) is 8.52. The topological polar surface area (TPSA) is 34.9 Å².